The number of nitrogens with zero attached hydrogens (tertiary/aromatic N) is 2. The monoisotopic (exact) mass is 653 g/mol. The highest BCUT2D eigenvalue weighted by Gasteiger charge is 2.17. The molecule has 10 nitrogen and oxygen atoms in total. The molecule has 0 aliphatic carbocycles. The Morgan fingerprint density at radius 1 is 0.688 bits per heavy atom. The lowest BCUT2D eigenvalue weighted by Gasteiger charge is -2.14. The number of rotatable bonds is 16. The van der Waals surface area contributed by atoms with Crippen LogP contribution in [0.25, 0.3) is 0 Å². The first-order chi connectivity index (χ1) is 23.1. The van der Waals surface area contributed by atoms with Gasteiger partial charge in [0.2, 0.25) is 0 Å². The minimum Gasteiger partial charge on any atom is -0.494 e. The van der Waals surface area contributed by atoms with E-state index in [4.69, 9.17) is 23.7 Å². The van der Waals surface area contributed by atoms with Gasteiger partial charge in [0.25, 0.3) is 0 Å². The van der Waals surface area contributed by atoms with Crippen molar-refractivity contribution in [2.75, 3.05) is 38.8 Å². The van der Waals surface area contributed by atoms with E-state index < -0.39 is 17.9 Å². The van der Waals surface area contributed by atoms with E-state index in [-0.39, 0.29) is 0 Å². The van der Waals surface area contributed by atoms with Crippen molar-refractivity contribution < 1.29 is 42.6 Å². The largest absolute Gasteiger partial charge is 0.494 e. The maximum absolute atomic E-state index is 12.9. The van der Waals surface area contributed by atoms with E-state index in [1.54, 1.807) is 74.5 Å². The number of hydrogen-bond donors (Lipinski definition) is 0. The Hall–Kier alpha value is -5.64. The maximum Gasteiger partial charge on any atom is 0.343 e. The second-order valence-electron chi connectivity index (χ2n) is 11.1. The van der Waals surface area contributed by atoms with E-state index in [9.17, 15) is 14.4 Å². The van der Waals surface area contributed by atoms with Crippen molar-refractivity contribution in [3.05, 3.63) is 120 Å². The molecule has 4 aromatic rings. The number of aromatic nitrogens is 1. The molecule has 0 aliphatic rings. The van der Waals surface area contributed by atoms with Gasteiger partial charge in [-0.15, -0.1) is 0 Å². The molecule has 0 radical (unpaired) electrons. The summed E-state index contributed by atoms with van der Waals surface area (Å²) in [5.74, 6) is 0.512. The molecular weight excluding hydrogens is 612 g/mol. The van der Waals surface area contributed by atoms with E-state index in [2.05, 4.69) is 6.58 Å². The predicted molar refractivity (Wildman–Crippen MR) is 181 cm³/mol. The number of carbonyl (C=O) groups is 3. The molecule has 0 unspecified atom stereocenters. The summed E-state index contributed by atoms with van der Waals surface area (Å²) in [6.45, 7) is 8.86. The second kappa shape index (κ2) is 17.3. The van der Waals surface area contributed by atoms with Gasteiger partial charge in [-0.3, -0.25) is 0 Å². The minimum absolute atomic E-state index is 0.305. The lowest BCUT2D eigenvalue weighted by Crippen LogP contribution is -2.35. The molecule has 0 bridgehead atoms. The number of benzene rings is 3. The van der Waals surface area contributed by atoms with Crippen LogP contribution in [0.3, 0.4) is 0 Å². The number of unbranched alkanes of at least 4 members (excludes halogenated alkanes) is 1. The Balaban J connectivity index is 1.24. The summed E-state index contributed by atoms with van der Waals surface area (Å²) in [6.07, 6.45) is 6.51. The molecule has 1 heterocycles. The van der Waals surface area contributed by atoms with Gasteiger partial charge in [0, 0.05) is 38.0 Å². The summed E-state index contributed by atoms with van der Waals surface area (Å²) >= 11 is 0. The van der Waals surface area contributed by atoms with E-state index in [0.717, 1.165) is 11.8 Å². The van der Waals surface area contributed by atoms with Gasteiger partial charge < -0.3 is 28.6 Å². The van der Waals surface area contributed by atoms with E-state index in [0.29, 0.717) is 84.5 Å². The van der Waals surface area contributed by atoms with Gasteiger partial charge in [0.15, 0.2) is 18.9 Å². The smallest absolute Gasteiger partial charge is 0.343 e. The predicted octanol–water partition coefficient (Wildman–Crippen LogP) is 6.06. The van der Waals surface area contributed by atoms with Gasteiger partial charge in [-0.2, -0.15) is 0 Å². The molecule has 0 saturated carbocycles. The van der Waals surface area contributed by atoms with Crippen LogP contribution in [0, 0.1) is 13.8 Å². The molecule has 0 N–H and O–H groups in total. The number of ether oxygens (including phenoxy) is 5. The van der Waals surface area contributed by atoms with Crippen LogP contribution >= 0.6 is 0 Å². The number of anilines is 1. The van der Waals surface area contributed by atoms with Crippen molar-refractivity contribution in [3.8, 4) is 23.0 Å². The molecule has 0 aliphatic heterocycles. The van der Waals surface area contributed by atoms with Crippen molar-refractivity contribution in [2.24, 2.45) is 0 Å². The molecule has 1 aromatic heterocycles. The average Bonchev–Trinajstić information content (AvgIpc) is 3.10. The average molecular weight is 654 g/mol. The summed E-state index contributed by atoms with van der Waals surface area (Å²) in [5, 5.41) is 0. The van der Waals surface area contributed by atoms with Crippen molar-refractivity contribution in [1.29, 1.82) is 0 Å². The molecule has 0 atom stereocenters. The number of hydrogen-bond acceptors (Lipinski definition) is 9. The first kappa shape index (κ1) is 35.2. The Kier molecular flexibility index (Phi) is 12.7. The van der Waals surface area contributed by atoms with E-state index in [1.807, 2.05) is 48.1 Å². The Bertz CT molecular complexity index is 1700. The van der Waals surface area contributed by atoms with Crippen LogP contribution < -0.4 is 28.4 Å². The summed E-state index contributed by atoms with van der Waals surface area (Å²) in [5.41, 5.74) is 3.21. The molecule has 250 valence electrons. The van der Waals surface area contributed by atoms with Crippen LogP contribution in [-0.2, 0) is 16.1 Å². The summed E-state index contributed by atoms with van der Waals surface area (Å²) in [4.78, 5) is 38.8. The molecular formula is C38H41N2O8+. The highest BCUT2D eigenvalue weighted by Crippen LogP contribution is 2.30. The Morgan fingerprint density at radius 2 is 1.17 bits per heavy atom. The normalized spacial score (nSPS) is 10.5. The third kappa shape index (κ3) is 10.2. The maximum atomic E-state index is 12.9. The lowest BCUT2D eigenvalue weighted by molar-refractivity contribution is -0.697. The number of esters is 3. The fourth-order valence-corrected chi connectivity index (χ4v) is 4.48. The van der Waals surface area contributed by atoms with Gasteiger partial charge in [-0.05, 0) is 98.5 Å². The van der Waals surface area contributed by atoms with Gasteiger partial charge >= 0.3 is 17.9 Å². The van der Waals surface area contributed by atoms with Gasteiger partial charge in [-0.25, -0.2) is 19.0 Å². The third-order valence-electron chi connectivity index (χ3n) is 7.50. The lowest BCUT2D eigenvalue weighted by atomic mass is 10.1. The van der Waals surface area contributed by atoms with Gasteiger partial charge in [0.05, 0.1) is 24.3 Å². The Morgan fingerprint density at radius 3 is 1.65 bits per heavy atom. The van der Waals surface area contributed by atoms with Crippen molar-refractivity contribution in [1.82, 2.24) is 0 Å². The van der Waals surface area contributed by atoms with Crippen LogP contribution in [0.15, 0.2) is 97.8 Å². The zero-order chi connectivity index (χ0) is 34.5. The fraction of sp³-hybridized carbons (Fsp3) is 0.263. The Labute approximate surface area is 281 Å². The number of pyridine rings is 1. The molecule has 0 amide bonds. The van der Waals surface area contributed by atoms with E-state index >= 15 is 0 Å². The molecule has 0 saturated heterocycles. The SMILES string of the molecule is C=CC(=O)OCCCCOc1ccc(C(=O)Oc2ccc(OC(=O)c3ccc(OCC[n+]4ccc(N(C)C)cc4)cc3)c(C)c2C)cc1. The third-order valence-corrected chi connectivity index (χ3v) is 7.50. The van der Waals surface area contributed by atoms with Gasteiger partial charge in [-0.1, -0.05) is 6.58 Å². The zero-order valence-electron chi connectivity index (χ0n) is 27.8. The van der Waals surface area contributed by atoms with Crippen LogP contribution in [-0.4, -0.2) is 51.8 Å². The van der Waals surface area contributed by atoms with Crippen LogP contribution in [0.2, 0.25) is 0 Å². The van der Waals surface area contributed by atoms with Crippen molar-refractivity contribution in [3.63, 3.8) is 0 Å². The second-order valence-corrected chi connectivity index (χ2v) is 11.1. The molecule has 48 heavy (non-hydrogen) atoms. The highest BCUT2D eigenvalue weighted by atomic mass is 16.5. The highest BCUT2D eigenvalue weighted by molar-refractivity contribution is 5.92. The first-order valence-electron chi connectivity index (χ1n) is 15.6. The fourth-order valence-electron chi connectivity index (χ4n) is 4.48. The van der Waals surface area contributed by atoms with Crippen molar-refractivity contribution in [2.45, 2.75) is 33.2 Å². The summed E-state index contributed by atoms with van der Waals surface area (Å²) in [6, 6.07) is 20.7. The minimum atomic E-state index is -0.527. The van der Waals surface area contributed by atoms with Gasteiger partial charge in [0.1, 0.15) is 29.6 Å². The first-order valence-corrected chi connectivity index (χ1v) is 15.6. The molecule has 10 heteroatoms. The zero-order valence-corrected chi connectivity index (χ0v) is 27.8. The molecule has 0 spiro atoms. The topological polar surface area (TPSA) is 104 Å². The van der Waals surface area contributed by atoms with Crippen LogP contribution in [0.4, 0.5) is 5.69 Å². The number of carbonyl (C=O) groups excluding carboxylic acids is 3. The van der Waals surface area contributed by atoms with Crippen LogP contribution in [0.5, 0.6) is 23.0 Å². The van der Waals surface area contributed by atoms with Crippen molar-refractivity contribution >= 4 is 23.6 Å². The van der Waals surface area contributed by atoms with Crippen LogP contribution in [0.1, 0.15) is 44.7 Å². The molecule has 3 aromatic carbocycles. The standard InChI is InChI=1S/C38H41N2O8/c1-6-36(41)46-25-8-7-24-44-32-13-9-29(10-14-32)37(42)47-34-17-18-35(28(3)27(34)2)48-38(43)30-11-15-33(16-12-30)45-26-23-40-21-19-31(20-22-40)39(4)5/h6,9-22H,1,7-8,23-26H2,2-5H3/q+1. The molecule has 4 rings (SSSR count). The molecule has 0 fully saturated rings. The summed E-state index contributed by atoms with van der Waals surface area (Å²) in [7, 11) is 4.00. The summed E-state index contributed by atoms with van der Waals surface area (Å²) < 4.78 is 29.8. The quantitative estimate of drug-likeness (QED) is 0.0469. The van der Waals surface area contributed by atoms with E-state index in [1.165, 1.54) is 0 Å².